The predicted octanol–water partition coefficient (Wildman–Crippen LogP) is 4.03. The zero-order chi connectivity index (χ0) is 15.1. The molecule has 1 saturated heterocycles. The fourth-order valence-electron chi connectivity index (χ4n) is 4.06. The van der Waals surface area contributed by atoms with E-state index in [2.05, 4.69) is 0 Å². The molecule has 0 radical (unpaired) electrons. The average Bonchev–Trinajstić information content (AvgIpc) is 3.00. The smallest absolute Gasteiger partial charge is 0.173 e. The molecule has 0 N–H and O–H groups in total. The van der Waals surface area contributed by atoms with E-state index in [4.69, 9.17) is 0 Å². The number of hydrogen-bond acceptors (Lipinski definition) is 2. The minimum Gasteiger partial charge on any atom is -0.227 e. The lowest BCUT2D eigenvalue weighted by Gasteiger charge is -2.19. The highest BCUT2D eigenvalue weighted by atomic mass is 32.2. The molecule has 21 heavy (non-hydrogen) atoms. The van der Waals surface area contributed by atoms with Crippen LogP contribution in [0.3, 0.4) is 0 Å². The molecule has 3 rings (SSSR count). The van der Waals surface area contributed by atoms with Crippen LogP contribution in [0.1, 0.15) is 37.8 Å². The van der Waals surface area contributed by atoms with Crippen molar-refractivity contribution in [3.05, 3.63) is 71.8 Å². The SMILES string of the molecule is CC[C@]1(c2ccccc2)[C@](CC)(c2ccccc2)S1(=O)=O. The molecule has 1 aliphatic rings. The van der Waals surface area contributed by atoms with E-state index >= 15 is 0 Å². The van der Waals surface area contributed by atoms with Crippen molar-refractivity contribution in [1.82, 2.24) is 0 Å². The molecule has 0 aromatic heterocycles. The Labute approximate surface area is 126 Å². The third-order valence-electron chi connectivity index (χ3n) is 5.00. The van der Waals surface area contributed by atoms with E-state index in [9.17, 15) is 8.42 Å². The first-order valence-corrected chi connectivity index (χ1v) is 8.92. The van der Waals surface area contributed by atoms with Gasteiger partial charge in [0, 0.05) is 0 Å². The molecule has 3 heteroatoms. The maximum atomic E-state index is 13.1. The summed E-state index contributed by atoms with van der Waals surface area (Å²) >= 11 is 0. The number of benzene rings is 2. The Bertz CT molecular complexity index is 678. The first kappa shape index (κ1) is 14.3. The van der Waals surface area contributed by atoms with E-state index in [-0.39, 0.29) is 0 Å². The van der Waals surface area contributed by atoms with Gasteiger partial charge in [0.2, 0.25) is 0 Å². The molecule has 0 spiro atoms. The number of rotatable bonds is 4. The van der Waals surface area contributed by atoms with E-state index in [1.54, 1.807) is 0 Å². The second kappa shape index (κ2) is 4.70. The molecule has 0 aliphatic carbocycles. The molecule has 2 aromatic rings. The molecule has 0 unspecified atom stereocenters. The van der Waals surface area contributed by atoms with Gasteiger partial charge in [0.05, 0.1) is 0 Å². The van der Waals surface area contributed by atoms with Crippen LogP contribution in [0.5, 0.6) is 0 Å². The van der Waals surface area contributed by atoms with Gasteiger partial charge in [0.25, 0.3) is 0 Å². The molecule has 2 nitrogen and oxygen atoms in total. The van der Waals surface area contributed by atoms with Crippen molar-refractivity contribution in [2.24, 2.45) is 0 Å². The summed E-state index contributed by atoms with van der Waals surface area (Å²) in [5.74, 6) is 0. The highest BCUT2D eigenvalue weighted by Gasteiger charge is 2.82. The van der Waals surface area contributed by atoms with Crippen LogP contribution < -0.4 is 0 Å². The summed E-state index contributed by atoms with van der Waals surface area (Å²) in [5.41, 5.74) is 1.83. The van der Waals surface area contributed by atoms with Crippen LogP contribution in [0.4, 0.5) is 0 Å². The molecule has 1 aliphatic heterocycles. The molecule has 110 valence electrons. The topological polar surface area (TPSA) is 34.1 Å². The minimum atomic E-state index is -3.23. The van der Waals surface area contributed by atoms with Gasteiger partial charge in [-0.1, -0.05) is 74.5 Å². The summed E-state index contributed by atoms with van der Waals surface area (Å²) in [6.45, 7) is 3.95. The van der Waals surface area contributed by atoms with Crippen LogP contribution in [0.2, 0.25) is 0 Å². The second-order valence-corrected chi connectivity index (χ2v) is 8.00. The van der Waals surface area contributed by atoms with Crippen molar-refractivity contribution in [3.63, 3.8) is 0 Å². The molecule has 1 heterocycles. The summed E-state index contributed by atoms with van der Waals surface area (Å²) in [4.78, 5) is 0. The summed E-state index contributed by atoms with van der Waals surface area (Å²) in [7, 11) is -3.23. The van der Waals surface area contributed by atoms with Crippen molar-refractivity contribution < 1.29 is 8.42 Å². The van der Waals surface area contributed by atoms with Crippen molar-refractivity contribution in [3.8, 4) is 0 Å². The zero-order valence-corrected chi connectivity index (χ0v) is 13.2. The quantitative estimate of drug-likeness (QED) is 0.799. The van der Waals surface area contributed by atoms with Gasteiger partial charge in [-0.25, -0.2) is 8.42 Å². The Morgan fingerprint density at radius 2 is 1.05 bits per heavy atom. The van der Waals surface area contributed by atoms with Crippen LogP contribution in [0.15, 0.2) is 60.7 Å². The lowest BCUT2D eigenvalue weighted by molar-refractivity contribution is 0.507. The largest absolute Gasteiger partial charge is 0.227 e. The molecule has 0 saturated carbocycles. The molecular formula is C18H20O2S. The Morgan fingerprint density at radius 3 is 1.33 bits per heavy atom. The van der Waals surface area contributed by atoms with Crippen molar-refractivity contribution >= 4 is 9.84 Å². The maximum absolute atomic E-state index is 13.1. The van der Waals surface area contributed by atoms with Gasteiger partial charge in [0.15, 0.2) is 9.84 Å². The lowest BCUT2D eigenvalue weighted by atomic mass is 9.78. The van der Waals surface area contributed by atoms with Crippen molar-refractivity contribution in [2.75, 3.05) is 0 Å². The molecule has 1 fully saturated rings. The van der Waals surface area contributed by atoms with E-state index < -0.39 is 19.3 Å². The Hall–Kier alpha value is -1.61. The van der Waals surface area contributed by atoms with E-state index in [0.717, 1.165) is 11.1 Å². The van der Waals surface area contributed by atoms with Crippen LogP contribution in [-0.2, 0) is 19.3 Å². The standard InChI is InChI=1S/C18H20O2S/c1-3-17(15-11-7-5-8-12-15)18(4-2,21(17,19)20)16-13-9-6-10-14-16/h5-14H,3-4H2,1-2H3/t17-,18-/m0/s1. The molecular weight excluding hydrogens is 280 g/mol. The first-order chi connectivity index (χ1) is 10.1. The molecule has 2 atom stereocenters. The summed E-state index contributed by atoms with van der Waals surface area (Å²) in [6, 6.07) is 19.3. The van der Waals surface area contributed by atoms with Gasteiger partial charge in [-0.15, -0.1) is 0 Å². The third-order valence-corrected chi connectivity index (χ3v) is 8.38. The predicted molar refractivity (Wildman–Crippen MR) is 85.7 cm³/mol. The Kier molecular flexibility index (Phi) is 3.21. The van der Waals surface area contributed by atoms with E-state index in [0.29, 0.717) is 12.8 Å². The van der Waals surface area contributed by atoms with Crippen LogP contribution in [0, 0.1) is 0 Å². The molecule has 0 bridgehead atoms. The fourth-order valence-corrected chi connectivity index (χ4v) is 7.45. The minimum absolute atomic E-state index is 0.599. The van der Waals surface area contributed by atoms with Crippen molar-refractivity contribution in [1.29, 1.82) is 0 Å². The zero-order valence-electron chi connectivity index (χ0n) is 12.4. The average molecular weight is 300 g/mol. The number of hydrogen-bond donors (Lipinski definition) is 0. The lowest BCUT2D eigenvalue weighted by Crippen LogP contribution is -2.21. The maximum Gasteiger partial charge on any atom is 0.173 e. The van der Waals surface area contributed by atoms with E-state index in [1.807, 2.05) is 74.5 Å². The van der Waals surface area contributed by atoms with E-state index in [1.165, 1.54) is 0 Å². The number of sulfone groups is 1. The van der Waals surface area contributed by atoms with Crippen molar-refractivity contribution in [2.45, 2.75) is 36.2 Å². The first-order valence-electron chi connectivity index (χ1n) is 7.43. The monoisotopic (exact) mass is 300 g/mol. The summed E-state index contributed by atoms with van der Waals surface area (Å²) < 4.78 is 24.7. The van der Waals surface area contributed by atoms with Crippen LogP contribution in [-0.4, -0.2) is 8.42 Å². The molecule has 0 amide bonds. The molecule has 2 aromatic carbocycles. The van der Waals surface area contributed by atoms with Gasteiger partial charge < -0.3 is 0 Å². The third kappa shape index (κ3) is 1.50. The highest BCUT2D eigenvalue weighted by molar-refractivity contribution is 8.00. The Morgan fingerprint density at radius 1 is 0.714 bits per heavy atom. The van der Waals surface area contributed by atoms with Gasteiger partial charge >= 0.3 is 0 Å². The van der Waals surface area contributed by atoms with Gasteiger partial charge in [-0.3, -0.25) is 0 Å². The normalized spacial score (nSPS) is 30.0. The fraction of sp³-hybridized carbons (Fsp3) is 0.333. The van der Waals surface area contributed by atoms with Gasteiger partial charge in [0.1, 0.15) is 9.49 Å². The highest BCUT2D eigenvalue weighted by Crippen LogP contribution is 2.72. The Balaban J connectivity index is 2.28. The van der Waals surface area contributed by atoms with Crippen LogP contribution in [0.25, 0.3) is 0 Å². The summed E-state index contributed by atoms with van der Waals surface area (Å²) in [5, 5.41) is 0. The van der Waals surface area contributed by atoms with Gasteiger partial charge in [-0.2, -0.15) is 0 Å². The second-order valence-electron chi connectivity index (χ2n) is 5.60. The van der Waals surface area contributed by atoms with Gasteiger partial charge in [-0.05, 0) is 24.0 Å². The van der Waals surface area contributed by atoms with Crippen LogP contribution >= 0.6 is 0 Å². The summed E-state index contributed by atoms with van der Waals surface area (Å²) in [6.07, 6.45) is 1.20.